The van der Waals surface area contributed by atoms with Gasteiger partial charge in [0.1, 0.15) is 5.75 Å². The van der Waals surface area contributed by atoms with Crippen LogP contribution in [0.2, 0.25) is 0 Å². The molecule has 21 heavy (non-hydrogen) atoms. The first-order chi connectivity index (χ1) is 10.1. The van der Waals surface area contributed by atoms with Crippen molar-refractivity contribution in [3.05, 3.63) is 27.3 Å². The summed E-state index contributed by atoms with van der Waals surface area (Å²) in [6, 6.07) is 6.54. The molecule has 0 saturated carbocycles. The van der Waals surface area contributed by atoms with Crippen molar-refractivity contribution in [2.75, 3.05) is 26.7 Å². The number of halogens is 1. The SMILES string of the molecule is COc1ccc(I)c(CCNC2CCN(C(=O)O)CC2)c1. The van der Waals surface area contributed by atoms with Crippen LogP contribution in [0.5, 0.6) is 5.75 Å². The monoisotopic (exact) mass is 404 g/mol. The van der Waals surface area contributed by atoms with Crippen LogP contribution in [0.25, 0.3) is 0 Å². The van der Waals surface area contributed by atoms with Gasteiger partial charge in [-0.15, -0.1) is 0 Å². The highest BCUT2D eigenvalue weighted by atomic mass is 127. The molecular formula is C15H21IN2O3. The summed E-state index contributed by atoms with van der Waals surface area (Å²) in [5.74, 6) is 0.889. The number of likely N-dealkylation sites (tertiary alicyclic amines) is 1. The van der Waals surface area contributed by atoms with Gasteiger partial charge in [-0.05, 0) is 72.2 Å². The van der Waals surface area contributed by atoms with Crippen LogP contribution < -0.4 is 10.1 Å². The number of methoxy groups -OCH3 is 1. The summed E-state index contributed by atoms with van der Waals surface area (Å²) >= 11 is 2.34. The molecule has 1 aliphatic rings. The van der Waals surface area contributed by atoms with Crippen molar-refractivity contribution in [1.29, 1.82) is 0 Å². The largest absolute Gasteiger partial charge is 0.497 e. The summed E-state index contributed by atoms with van der Waals surface area (Å²) < 4.78 is 6.50. The third-order valence-electron chi connectivity index (χ3n) is 3.85. The van der Waals surface area contributed by atoms with Gasteiger partial charge in [-0.1, -0.05) is 0 Å². The molecule has 2 rings (SSSR count). The van der Waals surface area contributed by atoms with E-state index >= 15 is 0 Å². The molecule has 0 bridgehead atoms. The molecule has 1 fully saturated rings. The Bertz CT molecular complexity index is 488. The summed E-state index contributed by atoms with van der Waals surface area (Å²) in [6.45, 7) is 2.16. The van der Waals surface area contributed by atoms with Gasteiger partial charge in [0.2, 0.25) is 0 Å². The van der Waals surface area contributed by atoms with Crippen LogP contribution in [0.3, 0.4) is 0 Å². The maximum Gasteiger partial charge on any atom is 0.407 e. The molecule has 1 saturated heterocycles. The summed E-state index contributed by atoms with van der Waals surface area (Å²) in [4.78, 5) is 12.3. The normalized spacial score (nSPS) is 16.0. The maximum absolute atomic E-state index is 10.9. The summed E-state index contributed by atoms with van der Waals surface area (Å²) in [5, 5.41) is 12.5. The van der Waals surface area contributed by atoms with E-state index in [-0.39, 0.29) is 0 Å². The molecule has 0 atom stereocenters. The first-order valence-corrected chi connectivity index (χ1v) is 8.21. The Hall–Kier alpha value is -1.02. The molecular weight excluding hydrogens is 383 g/mol. The lowest BCUT2D eigenvalue weighted by atomic mass is 10.0. The van der Waals surface area contributed by atoms with Crippen LogP contribution >= 0.6 is 22.6 Å². The molecule has 0 spiro atoms. The second-order valence-corrected chi connectivity index (χ2v) is 6.37. The summed E-state index contributed by atoms with van der Waals surface area (Å²) in [5.41, 5.74) is 1.28. The van der Waals surface area contributed by atoms with Crippen molar-refractivity contribution in [2.24, 2.45) is 0 Å². The highest BCUT2D eigenvalue weighted by Crippen LogP contribution is 2.19. The maximum atomic E-state index is 10.9. The Morgan fingerprint density at radius 2 is 2.19 bits per heavy atom. The van der Waals surface area contributed by atoms with E-state index < -0.39 is 6.09 Å². The van der Waals surface area contributed by atoms with Crippen LogP contribution in [0.1, 0.15) is 18.4 Å². The fourth-order valence-corrected chi connectivity index (χ4v) is 3.16. The predicted molar refractivity (Wildman–Crippen MR) is 90.0 cm³/mol. The zero-order valence-corrected chi connectivity index (χ0v) is 14.3. The average molecular weight is 404 g/mol. The number of hydrogen-bond donors (Lipinski definition) is 2. The average Bonchev–Trinajstić information content (AvgIpc) is 2.49. The predicted octanol–water partition coefficient (Wildman–Crippen LogP) is 2.57. The van der Waals surface area contributed by atoms with Crippen LogP contribution in [-0.4, -0.2) is 48.9 Å². The zero-order chi connectivity index (χ0) is 15.2. The fraction of sp³-hybridized carbons (Fsp3) is 0.533. The fourth-order valence-electron chi connectivity index (χ4n) is 2.56. The zero-order valence-electron chi connectivity index (χ0n) is 12.1. The minimum Gasteiger partial charge on any atom is -0.497 e. The number of carbonyl (C=O) groups is 1. The van der Waals surface area contributed by atoms with E-state index in [9.17, 15) is 4.79 Å². The van der Waals surface area contributed by atoms with E-state index in [0.29, 0.717) is 19.1 Å². The van der Waals surface area contributed by atoms with Gasteiger partial charge in [0.25, 0.3) is 0 Å². The van der Waals surface area contributed by atoms with Crippen molar-refractivity contribution in [2.45, 2.75) is 25.3 Å². The lowest BCUT2D eigenvalue weighted by Gasteiger charge is -2.30. The molecule has 2 N–H and O–H groups in total. The van der Waals surface area contributed by atoms with E-state index in [4.69, 9.17) is 9.84 Å². The van der Waals surface area contributed by atoms with Crippen molar-refractivity contribution < 1.29 is 14.6 Å². The standard InChI is InChI=1S/C15H21IN2O3/c1-21-13-2-3-14(16)11(10-13)4-7-17-12-5-8-18(9-6-12)15(19)20/h2-3,10,12,17H,4-9H2,1H3,(H,19,20). The van der Waals surface area contributed by atoms with E-state index in [1.54, 1.807) is 7.11 Å². The number of rotatable bonds is 5. The molecule has 0 unspecified atom stereocenters. The van der Waals surface area contributed by atoms with E-state index in [2.05, 4.69) is 40.0 Å². The third kappa shape index (κ3) is 4.74. The molecule has 6 heteroatoms. The second-order valence-electron chi connectivity index (χ2n) is 5.21. The lowest BCUT2D eigenvalue weighted by molar-refractivity contribution is 0.129. The first kappa shape index (κ1) is 16.4. The lowest BCUT2D eigenvalue weighted by Crippen LogP contribution is -2.44. The van der Waals surface area contributed by atoms with E-state index in [1.165, 1.54) is 14.0 Å². The molecule has 0 radical (unpaired) electrons. The van der Waals surface area contributed by atoms with Crippen molar-refractivity contribution in [3.8, 4) is 5.75 Å². The van der Waals surface area contributed by atoms with Gasteiger partial charge in [-0.3, -0.25) is 0 Å². The smallest absolute Gasteiger partial charge is 0.407 e. The quantitative estimate of drug-likeness (QED) is 0.741. The number of carboxylic acid groups (broad SMARTS) is 1. The van der Waals surface area contributed by atoms with Crippen LogP contribution in [0.4, 0.5) is 4.79 Å². The third-order valence-corrected chi connectivity index (χ3v) is 4.90. The number of benzene rings is 1. The molecule has 0 aromatic heterocycles. The minimum atomic E-state index is -0.806. The number of amides is 1. The van der Waals surface area contributed by atoms with Gasteiger partial charge >= 0.3 is 6.09 Å². The summed E-state index contributed by atoms with van der Waals surface area (Å²) in [7, 11) is 1.68. The second kappa shape index (κ2) is 7.84. The summed E-state index contributed by atoms with van der Waals surface area (Å²) in [6.07, 6.45) is 1.93. The number of hydrogen-bond acceptors (Lipinski definition) is 3. The number of piperidine rings is 1. The Labute approximate surface area is 138 Å². The van der Waals surface area contributed by atoms with Gasteiger partial charge in [-0.25, -0.2) is 4.79 Å². The highest BCUT2D eigenvalue weighted by molar-refractivity contribution is 14.1. The van der Waals surface area contributed by atoms with Crippen LogP contribution in [0.15, 0.2) is 18.2 Å². The number of ether oxygens (including phenoxy) is 1. The number of nitrogens with one attached hydrogen (secondary N) is 1. The van der Waals surface area contributed by atoms with E-state index in [0.717, 1.165) is 31.6 Å². The molecule has 1 amide bonds. The van der Waals surface area contributed by atoms with Crippen molar-refractivity contribution in [3.63, 3.8) is 0 Å². The molecule has 1 aliphatic heterocycles. The van der Waals surface area contributed by atoms with Gasteiger partial charge < -0.3 is 20.1 Å². The van der Waals surface area contributed by atoms with Gasteiger partial charge in [-0.2, -0.15) is 0 Å². The van der Waals surface area contributed by atoms with E-state index in [1.807, 2.05) is 6.07 Å². The molecule has 1 aromatic rings. The van der Waals surface area contributed by atoms with Gasteiger partial charge in [0, 0.05) is 22.7 Å². The molecule has 116 valence electrons. The number of nitrogens with zero attached hydrogens (tertiary/aromatic N) is 1. The van der Waals surface area contributed by atoms with Gasteiger partial charge in [0.15, 0.2) is 0 Å². The molecule has 0 aliphatic carbocycles. The van der Waals surface area contributed by atoms with Crippen LogP contribution in [0, 0.1) is 3.57 Å². The Morgan fingerprint density at radius 1 is 1.48 bits per heavy atom. The Kier molecular flexibility index (Phi) is 6.10. The van der Waals surface area contributed by atoms with Crippen LogP contribution in [-0.2, 0) is 6.42 Å². The minimum absolute atomic E-state index is 0.420. The van der Waals surface area contributed by atoms with Crippen molar-refractivity contribution >= 4 is 28.7 Å². The van der Waals surface area contributed by atoms with Gasteiger partial charge in [0.05, 0.1) is 7.11 Å². The Morgan fingerprint density at radius 3 is 2.81 bits per heavy atom. The topological polar surface area (TPSA) is 61.8 Å². The van der Waals surface area contributed by atoms with Crippen molar-refractivity contribution in [1.82, 2.24) is 10.2 Å². The molecule has 1 aromatic carbocycles. The Balaban J connectivity index is 1.76. The molecule has 5 nitrogen and oxygen atoms in total. The highest BCUT2D eigenvalue weighted by Gasteiger charge is 2.21. The first-order valence-electron chi connectivity index (χ1n) is 7.14. The molecule has 1 heterocycles.